The Hall–Kier alpha value is -3.09. The Kier molecular flexibility index (Phi) is 5.50. The maximum atomic E-state index is 13.7. The number of carbonyl (C=O) groups excluding carboxylic acids is 1. The lowest BCUT2D eigenvalue weighted by atomic mass is 10.1. The number of aryl methyl sites for hydroxylation is 3. The molecule has 0 amide bonds. The van der Waals surface area contributed by atoms with Crippen molar-refractivity contribution in [1.29, 1.82) is 0 Å². The summed E-state index contributed by atoms with van der Waals surface area (Å²) in [5, 5.41) is 0. The summed E-state index contributed by atoms with van der Waals surface area (Å²) in [5.74, 6) is -8.39. The quantitative estimate of drug-likeness (QED) is 0.318. The number of hydrogen-bond acceptors (Lipinski definition) is 2. The third-order valence-electron chi connectivity index (χ3n) is 4.90. The lowest BCUT2D eigenvalue weighted by Gasteiger charge is -2.12. The number of ether oxygens (including phenoxy) is 1. The molecule has 1 heterocycles. The molecule has 0 atom stereocenters. The summed E-state index contributed by atoms with van der Waals surface area (Å²) in [6.45, 7) is 6.76. The molecule has 0 aliphatic rings. The van der Waals surface area contributed by atoms with E-state index in [9.17, 15) is 22.4 Å². The summed E-state index contributed by atoms with van der Waals surface area (Å²) >= 11 is 0. The number of nitrogens with zero attached hydrogens (tertiary/aromatic N) is 1. The molecule has 0 unspecified atom stereocenters. The molecule has 0 radical (unpaired) electrons. The fourth-order valence-corrected chi connectivity index (χ4v) is 3.20. The van der Waals surface area contributed by atoms with Gasteiger partial charge in [-0.1, -0.05) is 6.07 Å². The zero-order valence-electron chi connectivity index (χ0n) is 16.4. The van der Waals surface area contributed by atoms with Crippen LogP contribution in [0.15, 0.2) is 30.3 Å². The maximum absolute atomic E-state index is 13.7. The van der Waals surface area contributed by atoms with Gasteiger partial charge in [-0.15, -0.1) is 0 Å². The Balaban J connectivity index is 1.89. The number of rotatable bonds is 5. The van der Waals surface area contributed by atoms with Crippen molar-refractivity contribution >= 4 is 5.78 Å². The minimum Gasteiger partial charge on any atom is -0.479 e. The van der Waals surface area contributed by atoms with Crippen molar-refractivity contribution in [3.8, 4) is 11.4 Å². The van der Waals surface area contributed by atoms with Gasteiger partial charge in [0.05, 0.1) is 0 Å². The molecule has 7 heteroatoms. The van der Waals surface area contributed by atoms with E-state index in [4.69, 9.17) is 4.74 Å². The summed E-state index contributed by atoms with van der Waals surface area (Å²) in [4.78, 5) is 12.6. The molecule has 0 fully saturated rings. The molecular formula is C22H19F4NO2. The monoisotopic (exact) mass is 405 g/mol. The molecule has 1 aromatic heterocycles. The summed E-state index contributed by atoms with van der Waals surface area (Å²) in [6, 6.07) is 7.59. The van der Waals surface area contributed by atoms with Gasteiger partial charge in [0, 0.05) is 28.7 Å². The van der Waals surface area contributed by atoms with E-state index in [2.05, 4.69) is 0 Å². The number of carbonyl (C=O) groups is 1. The van der Waals surface area contributed by atoms with E-state index >= 15 is 0 Å². The normalized spacial score (nSPS) is 11.0. The summed E-state index contributed by atoms with van der Waals surface area (Å²) in [7, 11) is 0. The zero-order chi connectivity index (χ0) is 21.5. The van der Waals surface area contributed by atoms with Crippen molar-refractivity contribution < 1.29 is 27.1 Å². The third-order valence-corrected chi connectivity index (χ3v) is 4.90. The highest BCUT2D eigenvalue weighted by Crippen LogP contribution is 2.27. The summed E-state index contributed by atoms with van der Waals surface area (Å²) < 4.78 is 60.7. The first kappa shape index (κ1) is 20.6. The van der Waals surface area contributed by atoms with E-state index in [1.807, 2.05) is 43.5 Å². The van der Waals surface area contributed by atoms with Gasteiger partial charge >= 0.3 is 0 Å². The van der Waals surface area contributed by atoms with E-state index in [1.165, 1.54) is 0 Å². The smallest absolute Gasteiger partial charge is 0.203 e. The molecule has 0 saturated carbocycles. The second-order valence-corrected chi connectivity index (χ2v) is 6.90. The van der Waals surface area contributed by atoms with Crippen LogP contribution in [0.3, 0.4) is 0 Å². The van der Waals surface area contributed by atoms with Crippen LogP contribution >= 0.6 is 0 Å². The first-order valence-electron chi connectivity index (χ1n) is 8.87. The Morgan fingerprint density at radius 2 is 1.52 bits per heavy atom. The standard InChI is InChI=1S/C22H19F4NO2/c1-11-5-6-15(7-12(11)2)27-13(3)8-16(14(27)4)19(28)10-29-22-20(25)17(23)9-18(24)21(22)26/h5-9H,10H2,1-4H3. The van der Waals surface area contributed by atoms with Gasteiger partial charge in [-0.25, -0.2) is 8.78 Å². The summed E-state index contributed by atoms with van der Waals surface area (Å²) in [6.07, 6.45) is 0. The van der Waals surface area contributed by atoms with Crippen molar-refractivity contribution in [1.82, 2.24) is 4.57 Å². The van der Waals surface area contributed by atoms with Gasteiger partial charge in [0.25, 0.3) is 0 Å². The van der Waals surface area contributed by atoms with E-state index < -0.39 is 41.4 Å². The first-order chi connectivity index (χ1) is 13.6. The molecule has 3 nitrogen and oxygen atoms in total. The molecule has 29 heavy (non-hydrogen) atoms. The minimum absolute atomic E-state index is 0.0799. The highest BCUT2D eigenvalue weighted by atomic mass is 19.2. The second kappa shape index (κ2) is 7.73. The molecule has 0 aliphatic heterocycles. The van der Waals surface area contributed by atoms with Crippen LogP contribution in [0.25, 0.3) is 5.69 Å². The number of Topliss-reactive ketones (excluding diaryl/α,β-unsaturated/α-hetero) is 1. The SMILES string of the molecule is Cc1ccc(-n2c(C)cc(C(=O)COc3c(F)c(F)cc(F)c3F)c2C)cc1C. The molecule has 0 N–H and O–H groups in total. The fraction of sp³-hybridized carbons (Fsp3) is 0.227. The minimum atomic E-state index is -1.68. The van der Waals surface area contributed by atoms with Crippen molar-refractivity contribution in [3.05, 3.63) is 81.7 Å². The van der Waals surface area contributed by atoms with Crippen LogP contribution in [0.2, 0.25) is 0 Å². The van der Waals surface area contributed by atoms with E-state index in [0.717, 1.165) is 22.5 Å². The highest BCUT2D eigenvalue weighted by Gasteiger charge is 2.23. The van der Waals surface area contributed by atoms with Crippen LogP contribution in [-0.2, 0) is 0 Å². The Morgan fingerprint density at radius 1 is 0.897 bits per heavy atom. The van der Waals surface area contributed by atoms with Gasteiger partial charge in [0.2, 0.25) is 17.4 Å². The van der Waals surface area contributed by atoms with E-state index in [-0.39, 0.29) is 6.07 Å². The average molecular weight is 405 g/mol. The number of hydrogen-bond donors (Lipinski definition) is 0. The van der Waals surface area contributed by atoms with Crippen molar-refractivity contribution in [3.63, 3.8) is 0 Å². The molecule has 0 bridgehead atoms. The average Bonchev–Trinajstić information content (AvgIpc) is 2.96. The first-order valence-corrected chi connectivity index (χ1v) is 8.87. The number of ketones is 1. The molecule has 3 rings (SSSR count). The molecular weight excluding hydrogens is 386 g/mol. The lowest BCUT2D eigenvalue weighted by Crippen LogP contribution is -2.15. The third kappa shape index (κ3) is 3.77. The Bertz CT molecular complexity index is 1090. The molecule has 0 saturated heterocycles. The van der Waals surface area contributed by atoms with E-state index in [0.29, 0.717) is 11.3 Å². The van der Waals surface area contributed by atoms with Gasteiger partial charge < -0.3 is 9.30 Å². The van der Waals surface area contributed by atoms with Crippen LogP contribution in [0.5, 0.6) is 5.75 Å². The summed E-state index contributed by atoms with van der Waals surface area (Å²) in [5.41, 5.74) is 4.78. The van der Waals surface area contributed by atoms with Crippen LogP contribution in [-0.4, -0.2) is 17.0 Å². The van der Waals surface area contributed by atoms with Crippen molar-refractivity contribution in [2.24, 2.45) is 0 Å². The largest absolute Gasteiger partial charge is 0.479 e. The lowest BCUT2D eigenvalue weighted by molar-refractivity contribution is 0.0913. The molecule has 152 valence electrons. The van der Waals surface area contributed by atoms with Crippen LogP contribution in [0.1, 0.15) is 32.9 Å². The van der Waals surface area contributed by atoms with Gasteiger partial charge in [-0.05, 0) is 57.0 Å². The van der Waals surface area contributed by atoms with Crippen LogP contribution < -0.4 is 4.74 Å². The molecule has 3 aromatic rings. The highest BCUT2D eigenvalue weighted by molar-refractivity contribution is 5.98. The van der Waals surface area contributed by atoms with E-state index in [1.54, 1.807) is 13.0 Å². The Morgan fingerprint density at radius 3 is 2.10 bits per heavy atom. The van der Waals surface area contributed by atoms with Gasteiger partial charge in [0.1, 0.15) is 0 Å². The van der Waals surface area contributed by atoms with Gasteiger partial charge in [-0.2, -0.15) is 8.78 Å². The predicted octanol–water partition coefficient (Wildman–Crippen LogP) is 5.53. The van der Waals surface area contributed by atoms with Crippen molar-refractivity contribution in [2.45, 2.75) is 27.7 Å². The maximum Gasteiger partial charge on any atom is 0.203 e. The predicted molar refractivity (Wildman–Crippen MR) is 101 cm³/mol. The second-order valence-electron chi connectivity index (χ2n) is 6.90. The van der Waals surface area contributed by atoms with Gasteiger partial charge in [-0.3, -0.25) is 4.79 Å². The van der Waals surface area contributed by atoms with Crippen LogP contribution in [0, 0.1) is 51.0 Å². The number of halogens is 4. The Labute approximate surface area is 165 Å². The topological polar surface area (TPSA) is 31.2 Å². The van der Waals surface area contributed by atoms with Gasteiger partial charge in [0.15, 0.2) is 24.0 Å². The number of aromatic nitrogens is 1. The zero-order valence-corrected chi connectivity index (χ0v) is 16.4. The molecule has 2 aromatic carbocycles. The van der Waals surface area contributed by atoms with Crippen molar-refractivity contribution in [2.75, 3.05) is 6.61 Å². The van der Waals surface area contributed by atoms with Crippen LogP contribution in [0.4, 0.5) is 17.6 Å². The number of benzene rings is 2. The fourth-order valence-electron chi connectivity index (χ4n) is 3.20. The molecule has 0 spiro atoms. The molecule has 0 aliphatic carbocycles.